The smallest absolute Gasteiger partial charge is 0.344 e. The summed E-state index contributed by atoms with van der Waals surface area (Å²) < 4.78 is 28.5. The molecule has 2 aromatic rings. The number of amides is 2. The van der Waals surface area contributed by atoms with E-state index in [4.69, 9.17) is 14.2 Å². The summed E-state index contributed by atoms with van der Waals surface area (Å²) in [5, 5.41) is -0.381. The molecule has 2 amide bonds. The van der Waals surface area contributed by atoms with Crippen molar-refractivity contribution in [1.82, 2.24) is 4.90 Å². The number of ether oxygens (including phenoxy) is 3. The maximum atomic E-state index is 12.9. The molecule has 0 saturated carbocycles. The lowest BCUT2D eigenvalue weighted by atomic mass is 10.2. The summed E-state index contributed by atoms with van der Waals surface area (Å²) in [5.74, 6) is -0.295. The summed E-state index contributed by atoms with van der Waals surface area (Å²) in [6.45, 7) is 2.00. The summed E-state index contributed by atoms with van der Waals surface area (Å²) in [6.07, 6.45) is 1.61. The number of benzene rings is 2. The molecule has 0 radical (unpaired) electrons. The Balaban J connectivity index is 1.54. The Hall–Kier alpha value is -3.33. The minimum atomic E-state index is -0.455. The number of carbonyl (C=O) groups is 3. The summed E-state index contributed by atoms with van der Waals surface area (Å²) in [4.78, 5) is 37.5. The predicted molar refractivity (Wildman–Crippen MR) is 113 cm³/mol. The zero-order chi connectivity index (χ0) is 22.2. The van der Waals surface area contributed by atoms with Gasteiger partial charge < -0.3 is 14.2 Å². The van der Waals surface area contributed by atoms with Crippen LogP contribution < -0.4 is 9.47 Å². The van der Waals surface area contributed by atoms with E-state index in [1.165, 1.54) is 24.3 Å². The van der Waals surface area contributed by atoms with Gasteiger partial charge in [-0.3, -0.25) is 14.5 Å². The van der Waals surface area contributed by atoms with E-state index in [1.807, 2.05) is 0 Å². The van der Waals surface area contributed by atoms with E-state index in [-0.39, 0.29) is 37.4 Å². The van der Waals surface area contributed by atoms with Crippen LogP contribution in [0.1, 0.15) is 12.5 Å². The lowest BCUT2D eigenvalue weighted by molar-refractivity contribution is -0.145. The first-order chi connectivity index (χ1) is 15.0. The van der Waals surface area contributed by atoms with Crippen molar-refractivity contribution in [2.24, 2.45) is 0 Å². The van der Waals surface area contributed by atoms with Crippen LogP contribution in [0, 0.1) is 5.82 Å². The van der Waals surface area contributed by atoms with Crippen molar-refractivity contribution in [3.63, 3.8) is 0 Å². The fourth-order valence-electron chi connectivity index (χ4n) is 2.63. The first kappa shape index (κ1) is 22.4. The molecule has 1 aliphatic rings. The number of nitrogens with zero attached hydrogens (tertiary/aromatic N) is 1. The number of esters is 1. The monoisotopic (exact) mass is 445 g/mol. The van der Waals surface area contributed by atoms with Crippen LogP contribution in [0.5, 0.6) is 11.5 Å². The largest absolute Gasteiger partial charge is 0.492 e. The SMILES string of the molecule is CCOC(=O)COc1ccc(C=C2SC(=O)N(CCOc3ccc(F)cc3)C2=O)cc1. The Morgan fingerprint density at radius 2 is 1.68 bits per heavy atom. The molecule has 3 rings (SSSR count). The van der Waals surface area contributed by atoms with Gasteiger partial charge >= 0.3 is 5.97 Å². The molecule has 1 fully saturated rings. The molecule has 0 aliphatic carbocycles. The van der Waals surface area contributed by atoms with Gasteiger partial charge in [0.1, 0.15) is 23.9 Å². The predicted octanol–water partition coefficient (Wildman–Crippen LogP) is 3.88. The third kappa shape index (κ3) is 6.32. The van der Waals surface area contributed by atoms with Gasteiger partial charge in [0, 0.05) is 0 Å². The van der Waals surface area contributed by atoms with Crippen LogP contribution in [0.4, 0.5) is 9.18 Å². The van der Waals surface area contributed by atoms with Crippen molar-refractivity contribution in [2.45, 2.75) is 6.92 Å². The van der Waals surface area contributed by atoms with E-state index in [2.05, 4.69) is 0 Å². The van der Waals surface area contributed by atoms with Gasteiger partial charge in [-0.2, -0.15) is 0 Å². The Kier molecular flexibility index (Phi) is 7.66. The van der Waals surface area contributed by atoms with Gasteiger partial charge in [-0.1, -0.05) is 12.1 Å². The van der Waals surface area contributed by atoms with Crippen molar-refractivity contribution >= 4 is 35.0 Å². The molecule has 9 heteroatoms. The van der Waals surface area contributed by atoms with E-state index in [0.29, 0.717) is 22.0 Å². The minimum absolute atomic E-state index is 0.0834. The maximum absolute atomic E-state index is 12.9. The number of hydrogen-bond donors (Lipinski definition) is 0. The zero-order valence-corrected chi connectivity index (χ0v) is 17.5. The van der Waals surface area contributed by atoms with E-state index >= 15 is 0 Å². The number of thioether (sulfide) groups is 1. The average molecular weight is 445 g/mol. The molecule has 2 aromatic carbocycles. The second-order valence-electron chi connectivity index (χ2n) is 6.30. The Labute approximate surface area is 182 Å². The van der Waals surface area contributed by atoms with Gasteiger partial charge in [0.25, 0.3) is 11.1 Å². The fraction of sp³-hybridized carbons (Fsp3) is 0.227. The highest BCUT2D eigenvalue weighted by Crippen LogP contribution is 2.32. The molecule has 0 atom stereocenters. The van der Waals surface area contributed by atoms with Gasteiger partial charge in [-0.05, 0) is 66.7 Å². The fourth-order valence-corrected chi connectivity index (χ4v) is 3.50. The third-order valence-electron chi connectivity index (χ3n) is 4.11. The van der Waals surface area contributed by atoms with Crippen LogP contribution >= 0.6 is 11.8 Å². The third-order valence-corrected chi connectivity index (χ3v) is 5.02. The molecule has 0 unspecified atom stereocenters. The van der Waals surface area contributed by atoms with Gasteiger partial charge in [0.15, 0.2) is 6.61 Å². The van der Waals surface area contributed by atoms with E-state index in [9.17, 15) is 18.8 Å². The molecular formula is C22H20FNO6S. The van der Waals surface area contributed by atoms with E-state index < -0.39 is 11.9 Å². The molecule has 0 bridgehead atoms. The second kappa shape index (κ2) is 10.6. The molecule has 1 heterocycles. The number of imide groups is 1. The topological polar surface area (TPSA) is 82.1 Å². The highest BCUT2D eigenvalue weighted by molar-refractivity contribution is 8.18. The summed E-state index contributed by atoms with van der Waals surface area (Å²) in [6, 6.07) is 12.2. The molecule has 0 aromatic heterocycles. The van der Waals surface area contributed by atoms with Gasteiger partial charge in [0.2, 0.25) is 0 Å². The number of rotatable bonds is 9. The Morgan fingerprint density at radius 3 is 2.35 bits per heavy atom. The number of hydrogen-bond acceptors (Lipinski definition) is 7. The van der Waals surface area contributed by atoms with E-state index in [0.717, 1.165) is 16.7 Å². The van der Waals surface area contributed by atoms with Crippen LogP contribution in [0.15, 0.2) is 53.4 Å². The van der Waals surface area contributed by atoms with Crippen LogP contribution in [-0.4, -0.2) is 48.4 Å². The molecule has 1 saturated heterocycles. The van der Waals surface area contributed by atoms with Crippen LogP contribution in [0.3, 0.4) is 0 Å². The molecule has 31 heavy (non-hydrogen) atoms. The number of halogens is 1. The average Bonchev–Trinajstić information content (AvgIpc) is 3.02. The van der Waals surface area contributed by atoms with Crippen molar-refractivity contribution in [3.05, 3.63) is 64.8 Å². The summed E-state index contributed by atoms with van der Waals surface area (Å²) in [5.41, 5.74) is 0.705. The number of carbonyl (C=O) groups excluding carboxylic acids is 3. The van der Waals surface area contributed by atoms with Crippen molar-refractivity contribution in [1.29, 1.82) is 0 Å². The molecule has 0 N–H and O–H groups in total. The Morgan fingerprint density at radius 1 is 1.03 bits per heavy atom. The van der Waals surface area contributed by atoms with Crippen LogP contribution in [0.25, 0.3) is 6.08 Å². The standard InChI is InChI=1S/C22H20FNO6S/c1-2-28-20(25)14-30-18-7-3-15(4-8-18)13-19-21(26)24(22(27)31-19)11-12-29-17-9-5-16(23)6-10-17/h3-10,13H,2,11-12,14H2,1H3. The van der Waals surface area contributed by atoms with Gasteiger partial charge in [0.05, 0.1) is 18.1 Å². The van der Waals surface area contributed by atoms with Crippen LogP contribution in [0.2, 0.25) is 0 Å². The quantitative estimate of drug-likeness (QED) is 0.428. The highest BCUT2D eigenvalue weighted by Gasteiger charge is 2.34. The Bertz CT molecular complexity index is 975. The first-order valence-electron chi connectivity index (χ1n) is 9.48. The van der Waals surface area contributed by atoms with Crippen LogP contribution in [-0.2, 0) is 14.3 Å². The van der Waals surface area contributed by atoms with Crippen molar-refractivity contribution in [2.75, 3.05) is 26.4 Å². The highest BCUT2D eigenvalue weighted by atomic mass is 32.2. The zero-order valence-electron chi connectivity index (χ0n) is 16.7. The molecular weight excluding hydrogens is 425 g/mol. The molecule has 7 nitrogen and oxygen atoms in total. The normalized spacial score (nSPS) is 14.8. The lowest BCUT2D eigenvalue weighted by Crippen LogP contribution is -2.32. The molecule has 162 valence electrons. The first-order valence-corrected chi connectivity index (χ1v) is 10.3. The summed E-state index contributed by atoms with van der Waals surface area (Å²) in [7, 11) is 0. The minimum Gasteiger partial charge on any atom is -0.492 e. The summed E-state index contributed by atoms with van der Waals surface area (Å²) >= 11 is 0.850. The molecule has 0 spiro atoms. The lowest BCUT2D eigenvalue weighted by Gasteiger charge is -2.13. The maximum Gasteiger partial charge on any atom is 0.344 e. The van der Waals surface area contributed by atoms with Gasteiger partial charge in [-0.25, -0.2) is 9.18 Å². The second-order valence-corrected chi connectivity index (χ2v) is 7.29. The van der Waals surface area contributed by atoms with Gasteiger partial charge in [-0.15, -0.1) is 0 Å². The van der Waals surface area contributed by atoms with Crippen molar-refractivity contribution in [3.8, 4) is 11.5 Å². The van der Waals surface area contributed by atoms with Crippen molar-refractivity contribution < 1.29 is 33.0 Å². The van der Waals surface area contributed by atoms with E-state index in [1.54, 1.807) is 37.3 Å². The molecule has 1 aliphatic heterocycles.